The molecule has 0 spiro atoms. The van der Waals surface area contributed by atoms with Crippen molar-refractivity contribution in [3.63, 3.8) is 0 Å². The maximum absolute atomic E-state index is 12.2. The lowest BCUT2D eigenvalue weighted by Crippen LogP contribution is -2.48. The van der Waals surface area contributed by atoms with Crippen LogP contribution in [0.4, 0.5) is 11.4 Å². The first-order valence-electron chi connectivity index (χ1n) is 6.47. The minimum Gasteiger partial charge on any atom is -0.324 e. The van der Waals surface area contributed by atoms with Crippen LogP contribution in [0.25, 0.3) is 0 Å². The molecule has 0 bridgehead atoms. The third-order valence-electron chi connectivity index (χ3n) is 3.46. The zero-order chi connectivity index (χ0) is 14.7. The largest absolute Gasteiger partial charge is 0.324 e. The lowest BCUT2D eigenvalue weighted by molar-refractivity contribution is -0.385. The molecule has 1 fully saturated rings. The summed E-state index contributed by atoms with van der Waals surface area (Å²) in [6, 6.07) is 4.31. The molecule has 1 heterocycles. The van der Waals surface area contributed by atoms with Gasteiger partial charge in [-0.05, 0) is 53.4 Å². The van der Waals surface area contributed by atoms with Gasteiger partial charge in [0.25, 0.3) is 5.69 Å². The van der Waals surface area contributed by atoms with Crippen LogP contribution in [0.3, 0.4) is 0 Å². The van der Waals surface area contributed by atoms with E-state index in [1.54, 1.807) is 12.1 Å². The monoisotopic (exact) mass is 341 g/mol. The van der Waals surface area contributed by atoms with E-state index in [1.165, 1.54) is 6.07 Å². The van der Waals surface area contributed by atoms with Crippen LogP contribution in [0.15, 0.2) is 22.7 Å². The smallest absolute Gasteiger partial charge is 0.285 e. The number of nitro benzene ring substituents is 1. The minimum atomic E-state index is -0.485. The molecule has 1 amide bonds. The van der Waals surface area contributed by atoms with E-state index in [1.807, 2.05) is 6.92 Å². The number of hydrogen-bond acceptors (Lipinski definition) is 4. The van der Waals surface area contributed by atoms with Gasteiger partial charge in [0.05, 0.1) is 15.4 Å². The molecule has 2 unspecified atom stereocenters. The van der Waals surface area contributed by atoms with E-state index in [9.17, 15) is 14.9 Å². The van der Waals surface area contributed by atoms with Gasteiger partial charge in [0, 0.05) is 11.8 Å². The Morgan fingerprint density at radius 2 is 2.30 bits per heavy atom. The third-order valence-corrected chi connectivity index (χ3v) is 4.13. The Hall–Kier alpha value is -1.47. The first-order valence-corrected chi connectivity index (χ1v) is 7.26. The van der Waals surface area contributed by atoms with Gasteiger partial charge in [-0.25, -0.2) is 0 Å². The Bertz CT molecular complexity index is 536. The number of piperidine rings is 1. The number of hydrogen-bond donors (Lipinski definition) is 2. The van der Waals surface area contributed by atoms with Gasteiger partial charge in [-0.15, -0.1) is 0 Å². The summed E-state index contributed by atoms with van der Waals surface area (Å²) in [6.07, 6.45) is 2.07. The fourth-order valence-corrected chi connectivity index (χ4v) is 2.74. The first-order chi connectivity index (χ1) is 9.49. The Morgan fingerprint density at radius 3 is 2.95 bits per heavy atom. The van der Waals surface area contributed by atoms with Crippen LogP contribution < -0.4 is 10.6 Å². The van der Waals surface area contributed by atoms with Crippen molar-refractivity contribution in [3.8, 4) is 0 Å². The predicted molar refractivity (Wildman–Crippen MR) is 79.6 cm³/mol. The number of nitrogens with one attached hydrogen (secondary N) is 2. The second-order valence-corrected chi connectivity index (χ2v) is 5.82. The fraction of sp³-hybridized carbons (Fsp3) is 0.462. The van der Waals surface area contributed by atoms with E-state index < -0.39 is 4.92 Å². The molecule has 6 nitrogen and oxygen atoms in total. The summed E-state index contributed by atoms with van der Waals surface area (Å²) < 4.78 is 0.393. The number of nitrogens with zero attached hydrogens (tertiary/aromatic N) is 1. The maximum Gasteiger partial charge on any atom is 0.285 e. The highest BCUT2D eigenvalue weighted by Gasteiger charge is 2.27. The highest BCUT2D eigenvalue weighted by Crippen LogP contribution is 2.28. The first kappa shape index (κ1) is 14.9. The summed E-state index contributed by atoms with van der Waals surface area (Å²) in [7, 11) is 0. The molecule has 2 rings (SSSR count). The second kappa shape index (κ2) is 6.32. The number of halogens is 1. The highest BCUT2D eigenvalue weighted by atomic mass is 79.9. The number of nitro groups is 1. The van der Waals surface area contributed by atoms with Crippen molar-refractivity contribution in [1.82, 2.24) is 5.32 Å². The number of anilines is 1. The average Bonchev–Trinajstić information content (AvgIpc) is 2.41. The topological polar surface area (TPSA) is 84.3 Å². The number of rotatable bonds is 3. The maximum atomic E-state index is 12.2. The van der Waals surface area contributed by atoms with Crippen molar-refractivity contribution in [2.75, 3.05) is 11.9 Å². The van der Waals surface area contributed by atoms with Crippen LogP contribution in [0.1, 0.15) is 19.8 Å². The molecular weight excluding hydrogens is 326 g/mol. The van der Waals surface area contributed by atoms with Crippen molar-refractivity contribution >= 4 is 33.2 Å². The molecule has 1 aromatic rings. The Balaban J connectivity index is 2.11. The summed E-state index contributed by atoms with van der Waals surface area (Å²) in [5.41, 5.74) is 0.372. The van der Waals surface area contributed by atoms with Crippen molar-refractivity contribution < 1.29 is 9.72 Å². The van der Waals surface area contributed by atoms with Gasteiger partial charge in [0.1, 0.15) is 0 Å². The standard InChI is InChI=1S/C13H16BrN3O3/c1-8-3-2-6-15-12(8)13(18)16-9-4-5-10(14)11(7-9)17(19)20/h4-5,7-8,12,15H,2-3,6H2,1H3,(H,16,18). The summed E-state index contributed by atoms with van der Waals surface area (Å²) in [5.74, 6) is 0.114. The molecule has 1 saturated heterocycles. The van der Waals surface area contributed by atoms with Gasteiger partial charge in [-0.1, -0.05) is 6.92 Å². The van der Waals surface area contributed by atoms with Gasteiger partial charge in [0.15, 0.2) is 0 Å². The van der Waals surface area contributed by atoms with E-state index in [4.69, 9.17) is 0 Å². The molecular formula is C13H16BrN3O3. The molecule has 1 aliphatic rings. The quantitative estimate of drug-likeness (QED) is 0.653. The van der Waals surface area contributed by atoms with Gasteiger partial charge in [-0.3, -0.25) is 14.9 Å². The normalized spacial score (nSPS) is 22.3. The molecule has 0 radical (unpaired) electrons. The minimum absolute atomic E-state index is 0.0625. The van der Waals surface area contributed by atoms with Crippen molar-refractivity contribution in [2.24, 2.45) is 5.92 Å². The van der Waals surface area contributed by atoms with E-state index >= 15 is 0 Å². The van der Waals surface area contributed by atoms with Crippen LogP contribution in [-0.4, -0.2) is 23.4 Å². The van der Waals surface area contributed by atoms with Crippen LogP contribution in [0, 0.1) is 16.0 Å². The van der Waals surface area contributed by atoms with E-state index in [0.717, 1.165) is 19.4 Å². The highest BCUT2D eigenvalue weighted by molar-refractivity contribution is 9.10. The molecule has 108 valence electrons. The number of amides is 1. The summed E-state index contributed by atoms with van der Waals surface area (Å²) in [6.45, 7) is 2.85. The van der Waals surface area contributed by atoms with Gasteiger partial charge < -0.3 is 10.6 Å². The summed E-state index contributed by atoms with van der Waals surface area (Å²) in [4.78, 5) is 22.6. The number of carbonyl (C=O) groups excluding carboxylic acids is 1. The zero-order valence-corrected chi connectivity index (χ0v) is 12.6. The fourth-order valence-electron chi connectivity index (χ4n) is 2.35. The van der Waals surface area contributed by atoms with Crippen LogP contribution in [-0.2, 0) is 4.79 Å². The molecule has 20 heavy (non-hydrogen) atoms. The Kier molecular flexibility index (Phi) is 4.72. The van der Waals surface area contributed by atoms with E-state index in [2.05, 4.69) is 26.6 Å². The lowest BCUT2D eigenvalue weighted by Gasteiger charge is -2.28. The summed E-state index contributed by atoms with van der Waals surface area (Å²) >= 11 is 3.12. The molecule has 0 saturated carbocycles. The van der Waals surface area contributed by atoms with Gasteiger partial charge in [0.2, 0.25) is 5.91 Å². The molecule has 0 aliphatic carbocycles. The molecule has 2 N–H and O–H groups in total. The second-order valence-electron chi connectivity index (χ2n) is 4.96. The van der Waals surface area contributed by atoms with Gasteiger partial charge >= 0.3 is 0 Å². The molecule has 2 atom stereocenters. The average molecular weight is 342 g/mol. The SMILES string of the molecule is CC1CCCNC1C(=O)Nc1ccc(Br)c([N+](=O)[O-])c1. The van der Waals surface area contributed by atoms with Crippen LogP contribution >= 0.6 is 15.9 Å². The molecule has 7 heteroatoms. The summed E-state index contributed by atoms with van der Waals surface area (Å²) in [5, 5.41) is 16.8. The van der Waals surface area contributed by atoms with Crippen molar-refractivity contribution in [1.29, 1.82) is 0 Å². The molecule has 1 aliphatic heterocycles. The van der Waals surface area contributed by atoms with E-state index in [0.29, 0.717) is 10.2 Å². The van der Waals surface area contributed by atoms with E-state index in [-0.39, 0.29) is 23.6 Å². The Labute approximate surface area is 125 Å². The Morgan fingerprint density at radius 1 is 1.55 bits per heavy atom. The zero-order valence-electron chi connectivity index (χ0n) is 11.1. The third kappa shape index (κ3) is 3.34. The van der Waals surface area contributed by atoms with Crippen molar-refractivity contribution in [3.05, 3.63) is 32.8 Å². The van der Waals surface area contributed by atoms with Crippen molar-refractivity contribution in [2.45, 2.75) is 25.8 Å². The molecule has 0 aromatic heterocycles. The van der Waals surface area contributed by atoms with Crippen LogP contribution in [0.2, 0.25) is 0 Å². The lowest BCUT2D eigenvalue weighted by atomic mass is 9.92. The van der Waals surface area contributed by atoms with Crippen LogP contribution in [0.5, 0.6) is 0 Å². The van der Waals surface area contributed by atoms with Gasteiger partial charge in [-0.2, -0.15) is 0 Å². The predicted octanol–water partition coefficient (Wildman–Crippen LogP) is 2.68. The number of carbonyl (C=O) groups is 1. The number of benzene rings is 1. The molecule has 1 aromatic carbocycles.